The highest BCUT2D eigenvalue weighted by Gasteiger charge is 2.16. The highest BCUT2D eigenvalue weighted by atomic mass is 19.1. The number of carbonyl (C=O) groups excluding carboxylic acids is 2. The van der Waals surface area contributed by atoms with Gasteiger partial charge in [0, 0.05) is 0 Å². The van der Waals surface area contributed by atoms with Gasteiger partial charge in [0.25, 0.3) is 5.91 Å². The van der Waals surface area contributed by atoms with E-state index in [1.165, 1.54) is 19.2 Å². The van der Waals surface area contributed by atoms with Gasteiger partial charge in [-0.3, -0.25) is 4.79 Å². The molecule has 0 aliphatic heterocycles. The molecule has 1 N–H and O–H groups in total. The normalized spacial score (nSPS) is 10.0. The van der Waals surface area contributed by atoms with Crippen molar-refractivity contribution >= 4 is 17.6 Å². The Morgan fingerprint density at radius 3 is 2.61 bits per heavy atom. The number of methoxy groups -OCH3 is 1. The van der Waals surface area contributed by atoms with Crippen LogP contribution in [0.2, 0.25) is 0 Å². The third-order valence-corrected chi connectivity index (χ3v) is 3.07. The minimum Gasteiger partial charge on any atom is -0.493 e. The van der Waals surface area contributed by atoms with Gasteiger partial charge >= 0.3 is 5.97 Å². The number of halogens is 1. The second kappa shape index (κ2) is 7.40. The van der Waals surface area contributed by atoms with Crippen molar-refractivity contribution in [2.24, 2.45) is 0 Å². The van der Waals surface area contributed by atoms with Crippen LogP contribution in [0.15, 0.2) is 42.5 Å². The zero-order valence-electron chi connectivity index (χ0n) is 12.8. The lowest BCUT2D eigenvalue weighted by atomic mass is 10.1. The van der Waals surface area contributed by atoms with Crippen LogP contribution in [-0.4, -0.2) is 25.6 Å². The minimum absolute atomic E-state index is 0.107. The number of ether oxygens (including phenoxy) is 2. The van der Waals surface area contributed by atoms with E-state index in [0.717, 1.165) is 6.07 Å². The fourth-order valence-corrected chi connectivity index (χ4v) is 1.99. The zero-order chi connectivity index (χ0) is 16.8. The molecule has 2 rings (SSSR count). The Kier molecular flexibility index (Phi) is 5.30. The summed E-state index contributed by atoms with van der Waals surface area (Å²) in [5, 5.41) is 2.44. The molecule has 2 aromatic carbocycles. The van der Waals surface area contributed by atoms with Crippen LogP contribution in [0.3, 0.4) is 0 Å². The average Bonchev–Trinajstić information content (AvgIpc) is 2.57. The minimum atomic E-state index is -0.653. The third kappa shape index (κ3) is 3.85. The summed E-state index contributed by atoms with van der Waals surface area (Å²) in [6.45, 7) is 2.20. The number of nitrogens with one attached hydrogen (secondary N) is 1. The van der Waals surface area contributed by atoms with Crippen LogP contribution in [0, 0.1) is 5.82 Å². The van der Waals surface area contributed by atoms with Gasteiger partial charge in [-0.25, -0.2) is 9.18 Å². The Morgan fingerprint density at radius 1 is 1.17 bits per heavy atom. The molecule has 120 valence electrons. The monoisotopic (exact) mass is 317 g/mol. The summed E-state index contributed by atoms with van der Waals surface area (Å²) in [7, 11) is 1.22. The van der Waals surface area contributed by atoms with Crippen LogP contribution in [0.5, 0.6) is 5.75 Å². The first-order valence-corrected chi connectivity index (χ1v) is 6.97. The molecule has 5 nitrogen and oxygen atoms in total. The van der Waals surface area contributed by atoms with Crippen LogP contribution in [0.1, 0.15) is 27.6 Å². The fraction of sp³-hybridized carbons (Fsp3) is 0.176. The number of para-hydroxylation sites is 1. The highest BCUT2D eigenvalue weighted by molar-refractivity contribution is 6.06. The molecule has 0 radical (unpaired) electrons. The number of rotatable bonds is 5. The van der Waals surface area contributed by atoms with Gasteiger partial charge in [-0.2, -0.15) is 0 Å². The highest BCUT2D eigenvalue weighted by Crippen LogP contribution is 2.22. The molecule has 0 aliphatic carbocycles. The predicted octanol–water partition coefficient (Wildman–Crippen LogP) is 3.26. The molecule has 0 atom stereocenters. The third-order valence-electron chi connectivity index (χ3n) is 3.07. The molecule has 1 amide bonds. The van der Waals surface area contributed by atoms with E-state index in [4.69, 9.17) is 4.74 Å². The number of esters is 1. The SMILES string of the molecule is CCOc1ccccc1C(=O)Nc1cc(C(=O)OC)ccc1F. The molecule has 0 fully saturated rings. The molecule has 23 heavy (non-hydrogen) atoms. The maximum atomic E-state index is 13.9. The van der Waals surface area contributed by atoms with Crippen LogP contribution in [0.25, 0.3) is 0 Å². The number of carbonyl (C=O) groups is 2. The van der Waals surface area contributed by atoms with Crippen molar-refractivity contribution in [3.05, 3.63) is 59.4 Å². The fourth-order valence-electron chi connectivity index (χ4n) is 1.99. The first kappa shape index (κ1) is 16.5. The molecule has 0 unspecified atom stereocenters. The lowest BCUT2D eigenvalue weighted by molar-refractivity contribution is 0.0600. The van der Waals surface area contributed by atoms with Gasteiger partial charge in [0.05, 0.1) is 30.5 Å². The Bertz CT molecular complexity index is 730. The Balaban J connectivity index is 2.28. The van der Waals surface area contributed by atoms with Gasteiger partial charge < -0.3 is 14.8 Å². The van der Waals surface area contributed by atoms with E-state index in [-0.39, 0.29) is 16.8 Å². The summed E-state index contributed by atoms with van der Waals surface area (Å²) in [4.78, 5) is 23.8. The van der Waals surface area contributed by atoms with Gasteiger partial charge in [0.2, 0.25) is 0 Å². The molecule has 0 bridgehead atoms. The number of amides is 1. The molecule has 0 spiro atoms. The lowest BCUT2D eigenvalue weighted by Gasteiger charge is -2.11. The van der Waals surface area contributed by atoms with Crippen molar-refractivity contribution < 1.29 is 23.5 Å². The van der Waals surface area contributed by atoms with Crippen LogP contribution >= 0.6 is 0 Å². The largest absolute Gasteiger partial charge is 0.493 e. The quantitative estimate of drug-likeness (QED) is 0.860. The van der Waals surface area contributed by atoms with Gasteiger partial charge in [0.1, 0.15) is 11.6 Å². The van der Waals surface area contributed by atoms with Crippen LogP contribution < -0.4 is 10.1 Å². The summed E-state index contributed by atoms with van der Waals surface area (Å²) in [5.41, 5.74) is 0.309. The van der Waals surface area contributed by atoms with Crippen LogP contribution in [-0.2, 0) is 4.74 Å². The maximum absolute atomic E-state index is 13.9. The van der Waals surface area contributed by atoms with Crippen molar-refractivity contribution in [3.63, 3.8) is 0 Å². The lowest BCUT2D eigenvalue weighted by Crippen LogP contribution is -2.15. The smallest absolute Gasteiger partial charge is 0.337 e. The van der Waals surface area contributed by atoms with Gasteiger partial charge in [-0.1, -0.05) is 12.1 Å². The van der Waals surface area contributed by atoms with Crippen molar-refractivity contribution in [2.75, 3.05) is 19.0 Å². The van der Waals surface area contributed by atoms with Crippen molar-refractivity contribution in [1.82, 2.24) is 0 Å². The Hall–Kier alpha value is -2.89. The summed E-state index contributed by atoms with van der Waals surface area (Å²) < 4.78 is 23.8. The first-order valence-electron chi connectivity index (χ1n) is 6.97. The molecule has 0 aromatic heterocycles. The number of benzene rings is 2. The number of hydrogen-bond acceptors (Lipinski definition) is 4. The molecular weight excluding hydrogens is 301 g/mol. The van der Waals surface area contributed by atoms with Gasteiger partial charge in [-0.15, -0.1) is 0 Å². The van der Waals surface area contributed by atoms with Gasteiger partial charge in [-0.05, 0) is 37.3 Å². The van der Waals surface area contributed by atoms with E-state index < -0.39 is 17.7 Å². The topological polar surface area (TPSA) is 64.6 Å². The number of hydrogen-bond donors (Lipinski definition) is 1. The molecule has 0 saturated heterocycles. The maximum Gasteiger partial charge on any atom is 0.337 e. The van der Waals surface area contributed by atoms with E-state index >= 15 is 0 Å². The Labute approximate surface area is 133 Å². The molecule has 0 saturated carbocycles. The van der Waals surface area contributed by atoms with E-state index in [1.807, 2.05) is 0 Å². The van der Waals surface area contributed by atoms with E-state index in [1.54, 1.807) is 31.2 Å². The van der Waals surface area contributed by atoms with Gasteiger partial charge in [0.15, 0.2) is 0 Å². The summed E-state index contributed by atoms with van der Waals surface area (Å²) in [6, 6.07) is 10.2. The molecular formula is C17H16FNO4. The van der Waals surface area contributed by atoms with Crippen molar-refractivity contribution in [1.29, 1.82) is 0 Å². The summed E-state index contributed by atoms with van der Waals surface area (Å²) in [6.07, 6.45) is 0. The second-order valence-electron chi connectivity index (χ2n) is 4.57. The van der Waals surface area contributed by atoms with Crippen LogP contribution in [0.4, 0.5) is 10.1 Å². The molecule has 2 aromatic rings. The van der Waals surface area contributed by atoms with Crippen molar-refractivity contribution in [3.8, 4) is 5.75 Å². The summed E-state index contributed by atoms with van der Waals surface area (Å²) >= 11 is 0. The Morgan fingerprint density at radius 2 is 1.91 bits per heavy atom. The predicted molar refractivity (Wildman–Crippen MR) is 83.3 cm³/mol. The van der Waals surface area contributed by atoms with E-state index in [0.29, 0.717) is 12.4 Å². The molecule has 6 heteroatoms. The van der Waals surface area contributed by atoms with Crippen molar-refractivity contribution in [2.45, 2.75) is 6.92 Å². The molecule has 0 heterocycles. The van der Waals surface area contributed by atoms with E-state index in [2.05, 4.69) is 10.1 Å². The van der Waals surface area contributed by atoms with E-state index in [9.17, 15) is 14.0 Å². The zero-order valence-corrected chi connectivity index (χ0v) is 12.8. The second-order valence-corrected chi connectivity index (χ2v) is 4.57. The average molecular weight is 317 g/mol. The number of anilines is 1. The molecule has 0 aliphatic rings. The summed E-state index contributed by atoms with van der Waals surface area (Å²) in [5.74, 6) is -1.40. The first-order chi connectivity index (χ1) is 11.1. The standard InChI is InChI=1S/C17H16FNO4/c1-3-23-15-7-5-4-6-12(15)16(20)19-14-10-11(17(21)22-2)8-9-13(14)18/h4-10H,3H2,1-2H3,(H,19,20).